The minimum atomic E-state index is -0.235. The zero-order chi connectivity index (χ0) is 13.3. The van der Waals surface area contributed by atoms with Crippen LogP contribution in [0.15, 0.2) is 48.5 Å². The second-order valence-electron chi connectivity index (χ2n) is 5.51. The second-order valence-corrected chi connectivity index (χ2v) is 5.51. The molecular weight excluding hydrogens is 232 g/mol. The lowest BCUT2D eigenvalue weighted by molar-refractivity contribution is 0.0360. The second kappa shape index (κ2) is 4.82. The highest BCUT2D eigenvalue weighted by Gasteiger charge is 2.38. The number of ether oxygens (including phenoxy) is 1. The number of benzene rings is 2. The summed E-state index contributed by atoms with van der Waals surface area (Å²) in [6, 6.07) is 17.5. The summed E-state index contributed by atoms with van der Waals surface area (Å²) in [4.78, 5) is 0. The molecule has 0 atom stereocenters. The molecule has 1 aliphatic rings. The monoisotopic (exact) mass is 252 g/mol. The fourth-order valence-corrected chi connectivity index (χ4v) is 2.91. The largest absolute Gasteiger partial charge is 0.366 e. The maximum atomic E-state index is 6.19. The fraction of sp³-hybridized carbons (Fsp3) is 0.333. The lowest BCUT2D eigenvalue weighted by Gasteiger charge is -2.30. The standard InChI is InChI=1S/C18H20O/c1-14-4-8-16(9-5-14)18(12-3-13-19-18)17-10-6-15(2)7-11-17/h4-11H,3,12-13H2,1-2H3. The van der Waals surface area contributed by atoms with E-state index >= 15 is 0 Å². The van der Waals surface area contributed by atoms with E-state index < -0.39 is 0 Å². The minimum absolute atomic E-state index is 0.235. The van der Waals surface area contributed by atoms with Gasteiger partial charge in [0.05, 0.1) is 0 Å². The molecule has 98 valence electrons. The molecule has 0 amide bonds. The molecule has 1 heterocycles. The van der Waals surface area contributed by atoms with Crippen molar-refractivity contribution >= 4 is 0 Å². The SMILES string of the molecule is Cc1ccc(C2(c3ccc(C)cc3)CCCO2)cc1. The first-order valence-corrected chi connectivity index (χ1v) is 6.99. The molecule has 1 saturated heterocycles. The van der Waals surface area contributed by atoms with Crippen molar-refractivity contribution < 1.29 is 4.74 Å². The molecule has 0 bridgehead atoms. The van der Waals surface area contributed by atoms with Crippen LogP contribution in [0.4, 0.5) is 0 Å². The third-order valence-electron chi connectivity index (χ3n) is 4.06. The van der Waals surface area contributed by atoms with Gasteiger partial charge in [-0.2, -0.15) is 0 Å². The summed E-state index contributed by atoms with van der Waals surface area (Å²) in [5.41, 5.74) is 4.90. The Kier molecular flexibility index (Phi) is 3.16. The van der Waals surface area contributed by atoms with Gasteiger partial charge in [-0.05, 0) is 37.8 Å². The lowest BCUT2D eigenvalue weighted by atomic mass is 9.83. The van der Waals surface area contributed by atoms with E-state index in [4.69, 9.17) is 4.74 Å². The van der Waals surface area contributed by atoms with Gasteiger partial charge in [0.25, 0.3) is 0 Å². The lowest BCUT2D eigenvalue weighted by Crippen LogP contribution is -2.26. The van der Waals surface area contributed by atoms with Crippen molar-refractivity contribution in [2.24, 2.45) is 0 Å². The van der Waals surface area contributed by atoms with Crippen LogP contribution >= 0.6 is 0 Å². The molecular formula is C18H20O. The van der Waals surface area contributed by atoms with Crippen LogP contribution in [0.1, 0.15) is 35.1 Å². The first-order chi connectivity index (χ1) is 9.21. The summed E-state index contributed by atoms with van der Waals surface area (Å²) < 4.78 is 6.19. The molecule has 0 aliphatic carbocycles. The van der Waals surface area contributed by atoms with E-state index in [1.807, 2.05) is 0 Å². The smallest absolute Gasteiger partial charge is 0.118 e. The van der Waals surface area contributed by atoms with Gasteiger partial charge >= 0.3 is 0 Å². The highest BCUT2D eigenvalue weighted by molar-refractivity contribution is 5.39. The van der Waals surface area contributed by atoms with Gasteiger partial charge in [-0.25, -0.2) is 0 Å². The van der Waals surface area contributed by atoms with Crippen molar-refractivity contribution in [3.05, 3.63) is 70.8 Å². The molecule has 1 aliphatic heterocycles. The van der Waals surface area contributed by atoms with Crippen LogP contribution in [0.2, 0.25) is 0 Å². The number of aryl methyl sites for hydroxylation is 2. The Morgan fingerprint density at radius 2 is 1.26 bits per heavy atom. The Morgan fingerprint density at radius 3 is 1.63 bits per heavy atom. The van der Waals surface area contributed by atoms with Gasteiger partial charge in [-0.1, -0.05) is 59.7 Å². The maximum absolute atomic E-state index is 6.19. The van der Waals surface area contributed by atoms with Crippen LogP contribution in [0.25, 0.3) is 0 Å². The van der Waals surface area contributed by atoms with Gasteiger partial charge in [0.2, 0.25) is 0 Å². The highest BCUT2D eigenvalue weighted by atomic mass is 16.5. The third-order valence-corrected chi connectivity index (χ3v) is 4.06. The van der Waals surface area contributed by atoms with Crippen molar-refractivity contribution in [1.82, 2.24) is 0 Å². The summed E-state index contributed by atoms with van der Waals surface area (Å²) in [6.07, 6.45) is 2.20. The van der Waals surface area contributed by atoms with E-state index in [2.05, 4.69) is 62.4 Å². The average molecular weight is 252 g/mol. The average Bonchev–Trinajstić information content (AvgIpc) is 2.91. The van der Waals surface area contributed by atoms with Crippen LogP contribution in [0, 0.1) is 13.8 Å². The summed E-state index contributed by atoms with van der Waals surface area (Å²) in [5, 5.41) is 0. The molecule has 0 unspecified atom stereocenters. The van der Waals surface area contributed by atoms with Crippen LogP contribution in [0.3, 0.4) is 0 Å². The summed E-state index contributed by atoms with van der Waals surface area (Å²) in [5.74, 6) is 0. The first kappa shape index (κ1) is 12.4. The molecule has 3 rings (SSSR count). The normalized spacial score (nSPS) is 17.6. The summed E-state index contributed by atoms with van der Waals surface area (Å²) >= 11 is 0. The van der Waals surface area contributed by atoms with E-state index in [0.717, 1.165) is 19.4 Å². The zero-order valence-corrected chi connectivity index (χ0v) is 11.6. The Morgan fingerprint density at radius 1 is 0.789 bits per heavy atom. The van der Waals surface area contributed by atoms with Gasteiger partial charge in [-0.15, -0.1) is 0 Å². The zero-order valence-electron chi connectivity index (χ0n) is 11.6. The molecule has 0 N–H and O–H groups in total. The quantitative estimate of drug-likeness (QED) is 0.771. The van der Waals surface area contributed by atoms with E-state index in [1.165, 1.54) is 22.3 Å². The Hall–Kier alpha value is -1.60. The third kappa shape index (κ3) is 2.19. The molecule has 0 radical (unpaired) electrons. The summed E-state index contributed by atoms with van der Waals surface area (Å²) in [7, 11) is 0. The predicted molar refractivity (Wildman–Crippen MR) is 78.3 cm³/mol. The van der Waals surface area contributed by atoms with Crippen molar-refractivity contribution in [1.29, 1.82) is 0 Å². The van der Waals surface area contributed by atoms with Gasteiger partial charge in [-0.3, -0.25) is 0 Å². The molecule has 2 aromatic carbocycles. The van der Waals surface area contributed by atoms with Gasteiger partial charge in [0.1, 0.15) is 5.60 Å². The molecule has 1 heteroatoms. The molecule has 0 aromatic heterocycles. The van der Waals surface area contributed by atoms with Crippen LogP contribution < -0.4 is 0 Å². The first-order valence-electron chi connectivity index (χ1n) is 6.99. The van der Waals surface area contributed by atoms with E-state index in [0.29, 0.717) is 0 Å². The number of hydrogen-bond acceptors (Lipinski definition) is 1. The molecule has 0 saturated carbocycles. The van der Waals surface area contributed by atoms with Crippen LogP contribution in [0.5, 0.6) is 0 Å². The van der Waals surface area contributed by atoms with Gasteiger partial charge < -0.3 is 4.74 Å². The topological polar surface area (TPSA) is 9.23 Å². The van der Waals surface area contributed by atoms with E-state index in [1.54, 1.807) is 0 Å². The number of rotatable bonds is 2. The fourth-order valence-electron chi connectivity index (χ4n) is 2.91. The number of hydrogen-bond donors (Lipinski definition) is 0. The Bertz CT molecular complexity index is 498. The minimum Gasteiger partial charge on any atom is -0.366 e. The van der Waals surface area contributed by atoms with Crippen molar-refractivity contribution in [2.45, 2.75) is 32.3 Å². The van der Waals surface area contributed by atoms with Crippen molar-refractivity contribution in [3.8, 4) is 0 Å². The Labute approximate surface area is 115 Å². The van der Waals surface area contributed by atoms with Crippen LogP contribution in [-0.2, 0) is 10.3 Å². The Balaban J connectivity index is 2.08. The van der Waals surface area contributed by atoms with Gasteiger partial charge in [0.15, 0.2) is 0 Å². The highest BCUT2D eigenvalue weighted by Crippen LogP contribution is 2.42. The van der Waals surface area contributed by atoms with Crippen LogP contribution in [-0.4, -0.2) is 6.61 Å². The molecule has 0 spiro atoms. The maximum Gasteiger partial charge on any atom is 0.118 e. The van der Waals surface area contributed by atoms with E-state index in [-0.39, 0.29) is 5.60 Å². The molecule has 1 fully saturated rings. The van der Waals surface area contributed by atoms with Gasteiger partial charge in [0, 0.05) is 6.61 Å². The predicted octanol–water partition coefficient (Wildman–Crippen LogP) is 4.36. The molecule has 19 heavy (non-hydrogen) atoms. The van der Waals surface area contributed by atoms with Crippen molar-refractivity contribution in [3.63, 3.8) is 0 Å². The summed E-state index contributed by atoms with van der Waals surface area (Å²) in [6.45, 7) is 5.09. The molecule has 1 nitrogen and oxygen atoms in total. The van der Waals surface area contributed by atoms with Crippen molar-refractivity contribution in [2.75, 3.05) is 6.61 Å². The molecule has 2 aromatic rings. The van der Waals surface area contributed by atoms with E-state index in [9.17, 15) is 0 Å².